The van der Waals surface area contributed by atoms with Gasteiger partial charge in [0.25, 0.3) is 5.91 Å². The molecule has 0 spiro atoms. The minimum Gasteiger partial charge on any atom is -0.397 e. The van der Waals surface area contributed by atoms with Crippen LogP contribution in [0.25, 0.3) is 10.1 Å². The lowest BCUT2D eigenvalue weighted by atomic mass is 10.0. The molecule has 0 radical (unpaired) electrons. The van der Waals surface area contributed by atoms with Crippen molar-refractivity contribution in [2.45, 2.75) is 32.7 Å². The maximum atomic E-state index is 13.2. The molecule has 19 heavy (non-hydrogen) atoms. The van der Waals surface area contributed by atoms with Crippen LogP contribution < -0.4 is 11.1 Å². The smallest absolute Gasteiger partial charge is 0.263 e. The second kappa shape index (κ2) is 4.81. The molecule has 102 valence electrons. The maximum Gasteiger partial charge on any atom is 0.263 e. The first-order valence-corrected chi connectivity index (χ1v) is 6.96. The van der Waals surface area contributed by atoms with Crippen molar-refractivity contribution in [3.63, 3.8) is 0 Å². The molecule has 0 fully saturated rings. The third-order valence-corrected chi connectivity index (χ3v) is 4.42. The standard InChI is InChI=1S/C14H17FN2OS/c1-4-14(2,3)17-13(18)12-11(16)9-7-8(15)5-6-10(9)19-12/h5-7H,4,16H2,1-3H3,(H,17,18). The van der Waals surface area contributed by atoms with E-state index in [1.807, 2.05) is 20.8 Å². The van der Waals surface area contributed by atoms with Gasteiger partial charge in [-0.2, -0.15) is 0 Å². The number of carbonyl (C=O) groups excluding carboxylic acids is 1. The van der Waals surface area contributed by atoms with Crippen LogP contribution in [0.15, 0.2) is 18.2 Å². The van der Waals surface area contributed by atoms with E-state index in [2.05, 4.69) is 5.32 Å². The van der Waals surface area contributed by atoms with E-state index in [-0.39, 0.29) is 17.3 Å². The van der Waals surface area contributed by atoms with Crippen LogP contribution in [0.1, 0.15) is 36.9 Å². The monoisotopic (exact) mass is 280 g/mol. The van der Waals surface area contributed by atoms with Gasteiger partial charge in [-0.25, -0.2) is 4.39 Å². The number of anilines is 1. The van der Waals surface area contributed by atoms with E-state index < -0.39 is 0 Å². The molecule has 5 heteroatoms. The Bertz CT molecular complexity index is 634. The molecular formula is C14H17FN2OS. The predicted molar refractivity (Wildman–Crippen MR) is 78.0 cm³/mol. The molecule has 0 bridgehead atoms. The highest BCUT2D eigenvalue weighted by molar-refractivity contribution is 7.21. The summed E-state index contributed by atoms with van der Waals surface area (Å²) in [5, 5.41) is 3.54. The molecule has 1 amide bonds. The summed E-state index contributed by atoms with van der Waals surface area (Å²) < 4.78 is 14.0. The Morgan fingerprint density at radius 2 is 2.16 bits per heavy atom. The number of fused-ring (bicyclic) bond motifs is 1. The minimum absolute atomic E-state index is 0.203. The summed E-state index contributed by atoms with van der Waals surface area (Å²) in [6, 6.07) is 4.38. The molecule has 3 N–H and O–H groups in total. The zero-order chi connectivity index (χ0) is 14.2. The van der Waals surface area contributed by atoms with E-state index in [0.29, 0.717) is 16.0 Å². The fourth-order valence-electron chi connectivity index (χ4n) is 1.71. The number of carbonyl (C=O) groups is 1. The van der Waals surface area contributed by atoms with E-state index in [1.165, 1.54) is 23.5 Å². The Balaban J connectivity index is 2.40. The number of hydrogen-bond donors (Lipinski definition) is 2. The molecule has 0 saturated heterocycles. The maximum absolute atomic E-state index is 13.2. The number of nitrogen functional groups attached to an aromatic ring is 1. The van der Waals surface area contributed by atoms with Crippen LogP contribution in [-0.2, 0) is 0 Å². The lowest BCUT2D eigenvalue weighted by molar-refractivity contribution is 0.0916. The molecule has 0 unspecified atom stereocenters. The highest BCUT2D eigenvalue weighted by atomic mass is 32.1. The average molecular weight is 280 g/mol. The molecule has 0 aliphatic heterocycles. The van der Waals surface area contributed by atoms with Crippen LogP contribution in [0.5, 0.6) is 0 Å². The molecule has 0 saturated carbocycles. The van der Waals surface area contributed by atoms with Crippen LogP contribution in [0.2, 0.25) is 0 Å². The minimum atomic E-state index is -0.349. The number of benzene rings is 1. The summed E-state index contributed by atoms with van der Waals surface area (Å²) in [6.45, 7) is 5.91. The van der Waals surface area contributed by atoms with Gasteiger partial charge in [-0.3, -0.25) is 4.79 Å². The van der Waals surface area contributed by atoms with Crippen LogP contribution in [0.4, 0.5) is 10.1 Å². The largest absolute Gasteiger partial charge is 0.397 e. The van der Waals surface area contributed by atoms with E-state index in [4.69, 9.17) is 5.73 Å². The van der Waals surface area contributed by atoms with Crippen molar-refractivity contribution < 1.29 is 9.18 Å². The number of hydrogen-bond acceptors (Lipinski definition) is 3. The molecule has 3 nitrogen and oxygen atoms in total. The zero-order valence-corrected chi connectivity index (χ0v) is 12.0. The zero-order valence-electron chi connectivity index (χ0n) is 11.2. The quantitative estimate of drug-likeness (QED) is 0.903. The summed E-state index contributed by atoms with van der Waals surface area (Å²) in [5.41, 5.74) is 6.02. The summed E-state index contributed by atoms with van der Waals surface area (Å²) in [6.07, 6.45) is 0.818. The van der Waals surface area contributed by atoms with Gasteiger partial charge in [0, 0.05) is 15.6 Å². The van der Waals surface area contributed by atoms with Gasteiger partial charge in [-0.15, -0.1) is 11.3 Å². The Morgan fingerprint density at radius 1 is 1.47 bits per heavy atom. The second-order valence-corrected chi connectivity index (χ2v) is 6.23. The van der Waals surface area contributed by atoms with Crippen molar-refractivity contribution in [3.05, 3.63) is 28.9 Å². The van der Waals surface area contributed by atoms with Crippen molar-refractivity contribution >= 4 is 33.0 Å². The van der Waals surface area contributed by atoms with Crippen molar-refractivity contribution in [2.24, 2.45) is 0 Å². The van der Waals surface area contributed by atoms with E-state index in [0.717, 1.165) is 11.1 Å². The van der Waals surface area contributed by atoms with Gasteiger partial charge < -0.3 is 11.1 Å². The third-order valence-electron chi connectivity index (χ3n) is 3.23. The van der Waals surface area contributed by atoms with Crippen molar-refractivity contribution in [1.82, 2.24) is 5.32 Å². The molecule has 1 aromatic heterocycles. The van der Waals surface area contributed by atoms with Gasteiger partial charge in [0.05, 0.1) is 5.69 Å². The van der Waals surface area contributed by atoms with Crippen LogP contribution in [0, 0.1) is 5.82 Å². The number of halogens is 1. The van der Waals surface area contributed by atoms with Crippen molar-refractivity contribution in [2.75, 3.05) is 5.73 Å². The molecule has 0 aliphatic carbocycles. The topological polar surface area (TPSA) is 55.1 Å². The Hall–Kier alpha value is -1.62. The summed E-state index contributed by atoms with van der Waals surface area (Å²) in [5.74, 6) is -0.552. The summed E-state index contributed by atoms with van der Waals surface area (Å²) in [4.78, 5) is 12.7. The lowest BCUT2D eigenvalue weighted by Crippen LogP contribution is -2.42. The van der Waals surface area contributed by atoms with E-state index >= 15 is 0 Å². The Labute approximate surface area is 115 Å². The molecular weight excluding hydrogens is 263 g/mol. The van der Waals surface area contributed by atoms with Gasteiger partial charge in [0.15, 0.2) is 0 Å². The number of thiophene rings is 1. The van der Waals surface area contributed by atoms with Gasteiger partial charge in [0.2, 0.25) is 0 Å². The predicted octanol–water partition coefficient (Wildman–Crippen LogP) is 3.54. The molecule has 2 rings (SSSR count). The van der Waals surface area contributed by atoms with Crippen LogP contribution in [0.3, 0.4) is 0 Å². The van der Waals surface area contributed by atoms with Crippen LogP contribution in [-0.4, -0.2) is 11.4 Å². The van der Waals surface area contributed by atoms with Crippen LogP contribution >= 0.6 is 11.3 Å². The van der Waals surface area contributed by atoms with Crippen molar-refractivity contribution in [1.29, 1.82) is 0 Å². The van der Waals surface area contributed by atoms with Gasteiger partial charge in [0.1, 0.15) is 10.7 Å². The first-order valence-electron chi connectivity index (χ1n) is 6.14. The first kappa shape index (κ1) is 13.8. The fraction of sp³-hybridized carbons (Fsp3) is 0.357. The number of amides is 1. The highest BCUT2D eigenvalue weighted by Gasteiger charge is 2.22. The number of nitrogens with two attached hydrogens (primary N) is 1. The molecule has 2 aromatic rings. The SMILES string of the molecule is CCC(C)(C)NC(=O)c1sc2ccc(F)cc2c1N. The molecule has 1 aromatic carbocycles. The summed E-state index contributed by atoms with van der Waals surface area (Å²) >= 11 is 1.29. The second-order valence-electron chi connectivity index (χ2n) is 5.18. The van der Waals surface area contributed by atoms with Gasteiger partial charge in [-0.1, -0.05) is 6.92 Å². The highest BCUT2D eigenvalue weighted by Crippen LogP contribution is 2.34. The average Bonchev–Trinajstić information content (AvgIpc) is 2.66. The van der Waals surface area contributed by atoms with Gasteiger partial charge in [-0.05, 0) is 38.5 Å². The molecule has 0 atom stereocenters. The number of nitrogens with one attached hydrogen (secondary N) is 1. The fourth-order valence-corrected chi connectivity index (χ4v) is 2.71. The number of rotatable bonds is 3. The molecule has 0 aliphatic rings. The Kier molecular flexibility index (Phi) is 3.49. The Morgan fingerprint density at radius 3 is 2.79 bits per heavy atom. The van der Waals surface area contributed by atoms with E-state index in [9.17, 15) is 9.18 Å². The third kappa shape index (κ3) is 2.71. The van der Waals surface area contributed by atoms with Gasteiger partial charge >= 0.3 is 0 Å². The first-order chi connectivity index (χ1) is 8.84. The van der Waals surface area contributed by atoms with Crippen molar-refractivity contribution in [3.8, 4) is 0 Å². The lowest BCUT2D eigenvalue weighted by Gasteiger charge is -2.24. The van der Waals surface area contributed by atoms with E-state index in [1.54, 1.807) is 6.07 Å². The normalized spacial score (nSPS) is 11.8. The summed E-state index contributed by atoms with van der Waals surface area (Å²) in [7, 11) is 0. The molecule has 1 heterocycles.